The van der Waals surface area contributed by atoms with Gasteiger partial charge in [-0.3, -0.25) is 0 Å². The third-order valence-electron chi connectivity index (χ3n) is 2.56. The molecule has 5 nitrogen and oxygen atoms in total. The van der Waals surface area contributed by atoms with Gasteiger partial charge in [0.05, 0.1) is 12.7 Å². The minimum atomic E-state index is -0.661. The van der Waals surface area contributed by atoms with Crippen LogP contribution in [0.1, 0.15) is 40.5 Å². The number of hydrogen-bond donors (Lipinski definition) is 3. The number of urea groups is 1. The lowest BCUT2D eigenvalue weighted by Gasteiger charge is -2.22. The molecule has 108 valence electrons. The van der Waals surface area contributed by atoms with Crippen molar-refractivity contribution in [3.8, 4) is 0 Å². The Morgan fingerprint density at radius 1 is 1.39 bits per heavy atom. The normalized spacial score (nSPS) is 15.0. The van der Waals surface area contributed by atoms with Crippen LogP contribution in [-0.4, -0.2) is 43.5 Å². The van der Waals surface area contributed by atoms with Crippen molar-refractivity contribution in [2.45, 2.75) is 52.7 Å². The minimum Gasteiger partial charge on any atom is -0.389 e. The summed E-state index contributed by atoms with van der Waals surface area (Å²) in [5, 5.41) is 14.8. The van der Waals surface area contributed by atoms with Crippen LogP contribution in [0.3, 0.4) is 0 Å². The Labute approximate surface area is 110 Å². The largest absolute Gasteiger partial charge is 0.389 e. The summed E-state index contributed by atoms with van der Waals surface area (Å²) in [4.78, 5) is 11.5. The number of rotatable bonds is 7. The molecule has 0 aliphatic heterocycles. The summed E-state index contributed by atoms with van der Waals surface area (Å²) >= 11 is 0. The van der Waals surface area contributed by atoms with Crippen molar-refractivity contribution in [3.63, 3.8) is 0 Å². The number of carbonyl (C=O) groups is 1. The molecule has 0 spiro atoms. The van der Waals surface area contributed by atoms with Crippen molar-refractivity contribution < 1.29 is 14.6 Å². The summed E-state index contributed by atoms with van der Waals surface area (Å²) in [6, 6.07) is -0.115. The number of carbonyl (C=O) groups excluding carboxylic acids is 1. The smallest absolute Gasteiger partial charge is 0.315 e. The fraction of sp³-hybridized carbons (Fsp3) is 0.923. The lowest BCUT2D eigenvalue weighted by atomic mass is 9.89. The molecule has 2 atom stereocenters. The zero-order valence-electron chi connectivity index (χ0n) is 12.2. The van der Waals surface area contributed by atoms with Gasteiger partial charge in [0.1, 0.15) is 0 Å². The van der Waals surface area contributed by atoms with Gasteiger partial charge in [-0.1, -0.05) is 20.8 Å². The van der Waals surface area contributed by atoms with Crippen LogP contribution in [0.5, 0.6) is 0 Å². The first-order valence-corrected chi connectivity index (χ1v) is 6.46. The fourth-order valence-electron chi connectivity index (χ4n) is 1.46. The van der Waals surface area contributed by atoms with Crippen LogP contribution < -0.4 is 10.6 Å². The Bertz CT molecular complexity index is 239. The van der Waals surface area contributed by atoms with Crippen LogP contribution in [0.2, 0.25) is 0 Å². The minimum absolute atomic E-state index is 0.129. The van der Waals surface area contributed by atoms with E-state index in [-0.39, 0.29) is 30.6 Å². The number of nitrogens with one attached hydrogen (secondary N) is 2. The molecular weight excluding hydrogens is 232 g/mol. The van der Waals surface area contributed by atoms with E-state index >= 15 is 0 Å². The Morgan fingerprint density at radius 3 is 2.50 bits per heavy atom. The highest BCUT2D eigenvalue weighted by atomic mass is 16.5. The first-order chi connectivity index (χ1) is 8.24. The summed E-state index contributed by atoms with van der Waals surface area (Å²) in [6.07, 6.45) is 1.34. The van der Waals surface area contributed by atoms with E-state index in [4.69, 9.17) is 4.74 Å². The first-order valence-electron chi connectivity index (χ1n) is 6.46. The molecule has 18 heavy (non-hydrogen) atoms. The third-order valence-corrected chi connectivity index (χ3v) is 2.56. The highest BCUT2D eigenvalue weighted by Crippen LogP contribution is 2.21. The Morgan fingerprint density at radius 2 is 2.00 bits per heavy atom. The van der Waals surface area contributed by atoms with Crippen molar-refractivity contribution in [1.82, 2.24) is 10.6 Å². The number of ether oxygens (including phenoxy) is 1. The van der Waals surface area contributed by atoms with Crippen molar-refractivity contribution in [2.75, 3.05) is 20.3 Å². The van der Waals surface area contributed by atoms with E-state index in [0.29, 0.717) is 0 Å². The lowest BCUT2D eigenvalue weighted by Crippen LogP contribution is -2.44. The molecule has 0 saturated carbocycles. The number of hydrogen-bond acceptors (Lipinski definition) is 3. The second-order valence-corrected chi connectivity index (χ2v) is 5.96. The Hall–Kier alpha value is -0.810. The SMILES string of the molecule is COCC(O)CNC(=O)NC(C)CCC(C)(C)C. The van der Waals surface area contributed by atoms with E-state index < -0.39 is 6.10 Å². The highest BCUT2D eigenvalue weighted by Gasteiger charge is 2.14. The number of methoxy groups -OCH3 is 1. The average molecular weight is 260 g/mol. The van der Waals surface area contributed by atoms with E-state index in [1.165, 1.54) is 7.11 Å². The van der Waals surface area contributed by atoms with Crippen LogP contribution in [0.4, 0.5) is 4.79 Å². The van der Waals surface area contributed by atoms with E-state index in [0.717, 1.165) is 12.8 Å². The summed E-state index contributed by atoms with van der Waals surface area (Å²) < 4.78 is 4.77. The summed E-state index contributed by atoms with van der Waals surface area (Å²) in [6.45, 7) is 8.95. The van der Waals surface area contributed by atoms with Gasteiger partial charge in [-0.25, -0.2) is 4.79 Å². The zero-order chi connectivity index (χ0) is 14.2. The van der Waals surface area contributed by atoms with Gasteiger partial charge < -0.3 is 20.5 Å². The van der Waals surface area contributed by atoms with Crippen molar-refractivity contribution in [3.05, 3.63) is 0 Å². The van der Waals surface area contributed by atoms with Crippen LogP contribution in [-0.2, 0) is 4.74 Å². The maximum Gasteiger partial charge on any atom is 0.315 e. The lowest BCUT2D eigenvalue weighted by molar-refractivity contribution is 0.0659. The topological polar surface area (TPSA) is 70.6 Å². The second kappa shape index (κ2) is 8.32. The van der Waals surface area contributed by atoms with Crippen LogP contribution >= 0.6 is 0 Å². The second-order valence-electron chi connectivity index (χ2n) is 5.96. The number of amides is 2. The van der Waals surface area contributed by atoms with Gasteiger partial charge in [-0.15, -0.1) is 0 Å². The maximum atomic E-state index is 11.5. The average Bonchev–Trinajstić information content (AvgIpc) is 2.23. The van der Waals surface area contributed by atoms with Gasteiger partial charge in [0.15, 0.2) is 0 Å². The predicted octanol–water partition coefficient (Wildman–Crippen LogP) is 1.51. The van der Waals surface area contributed by atoms with Gasteiger partial charge in [-0.05, 0) is 25.2 Å². The standard InChI is InChI=1S/C13H28N2O3/c1-10(6-7-13(2,3)4)15-12(17)14-8-11(16)9-18-5/h10-11,16H,6-9H2,1-5H3,(H2,14,15,17). The van der Waals surface area contributed by atoms with Gasteiger partial charge in [-0.2, -0.15) is 0 Å². The van der Waals surface area contributed by atoms with Crippen LogP contribution in [0, 0.1) is 5.41 Å². The molecule has 0 radical (unpaired) electrons. The predicted molar refractivity (Wildman–Crippen MR) is 72.6 cm³/mol. The molecule has 0 aliphatic rings. The number of aliphatic hydroxyl groups is 1. The molecule has 0 saturated heterocycles. The molecule has 0 aromatic rings. The molecule has 0 aromatic carbocycles. The van der Waals surface area contributed by atoms with Crippen molar-refractivity contribution >= 4 is 6.03 Å². The molecule has 0 heterocycles. The summed E-state index contributed by atoms with van der Waals surface area (Å²) in [5.74, 6) is 0. The molecule has 2 unspecified atom stereocenters. The van der Waals surface area contributed by atoms with Gasteiger partial charge in [0.2, 0.25) is 0 Å². The molecular formula is C13H28N2O3. The molecule has 5 heteroatoms. The van der Waals surface area contributed by atoms with Crippen molar-refractivity contribution in [2.24, 2.45) is 5.41 Å². The zero-order valence-corrected chi connectivity index (χ0v) is 12.2. The quantitative estimate of drug-likeness (QED) is 0.650. The highest BCUT2D eigenvalue weighted by molar-refractivity contribution is 5.74. The molecule has 0 rings (SSSR count). The van der Waals surface area contributed by atoms with Gasteiger partial charge >= 0.3 is 6.03 Å². The van der Waals surface area contributed by atoms with Gasteiger partial charge in [0.25, 0.3) is 0 Å². The van der Waals surface area contributed by atoms with E-state index in [1.54, 1.807) is 0 Å². The van der Waals surface area contributed by atoms with E-state index in [2.05, 4.69) is 31.4 Å². The molecule has 0 fully saturated rings. The molecule has 0 aromatic heterocycles. The molecule has 2 amide bonds. The van der Waals surface area contributed by atoms with Crippen LogP contribution in [0.15, 0.2) is 0 Å². The van der Waals surface area contributed by atoms with Crippen molar-refractivity contribution in [1.29, 1.82) is 0 Å². The molecule has 0 bridgehead atoms. The first kappa shape index (κ1) is 17.2. The summed E-state index contributed by atoms with van der Waals surface area (Å²) in [5.41, 5.74) is 0.279. The van der Waals surface area contributed by atoms with E-state index in [1.807, 2.05) is 6.92 Å². The third kappa shape index (κ3) is 10.4. The summed E-state index contributed by atoms with van der Waals surface area (Å²) in [7, 11) is 1.51. The maximum absolute atomic E-state index is 11.5. The fourth-order valence-corrected chi connectivity index (χ4v) is 1.46. The Kier molecular flexibility index (Phi) is 7.95. The van der Waals surface area contributed by atoms with Crippen LogP contribution in [0.25, 0.3) is 0 Å². The number of aliphatic hydroxyl groups excluding tert-OH is 1. The monoisotopic (exact) mass is 260 g/mol. The molecule has 0 aliphatic carbocycles. The molecule has 3 N–H and O–H groups in total. The van der Waals surface area contributed by atoms with E-state index in [9.17, 15) is 9.90 Å². The van der Waals surface area contributed by atoms with Gasteiger partial charge in [0, 0.05) is 19.7 Å². The Balaban J connectivity index is 3.74.